The Kier molecular flexibility index (Phi) is 6.30. The van der Waals surface area contributed by atoms with E-state index in [0.29, 0.717) is 23.2 Å². The van der Waals surface area contributed by atoms with Gasteiger partial charge in [-0.15, -0.1) is 22.7 Å². The van der Waals surface area contributed by atoms with E-state index >= 15 is 0 Å². The molecule has 0 saturated carbocycles. The minimum Gasteiger partial charge on any atom is -0.274 e. The molecule has 0 aliphatic rings. The summed E-state index contributed by atoms with van der Waals surface area (Å²) < 4.78 is 3.35. The molecule has 5 heteroatoms. The predicted octanol–water partition coefficient (Wildman–Crippen LogP) is 5.88. The topological polar surface area (TPSA) is 39.1 Å². The number of hydrogen-bond donors (Lipinski definition) is 0. The number of aromatic nitrogens is 1. The van der Waals surface area contributed by atoms with E-state index in [4.69, 9.17) is 0 Å². The Morgan fingerprint density at radius 2 is 1.38 bits per heavy atom. The lowest BCUT2D eigenvalue weighted by Gasteiger charge is -2.12. The van der Waals surface area contributed by atoms with E-state index in [1.54, 1.807) is 22.7 Å². The molecule has 0 aromatic carbocycles. The van der Waals surface area contributed by atoms with Crippen LogP contribution in [0.15, 0.2) is 32.5 Å². The molecule has 0 saturated heterocycles. The summed E-state index contributed by atoms with van der Waals surface area (Å²) >= 11 is 3.09. The van der Waals surface area contributed by atoms with Gasteiger partial charge in [-0.2, -0.15) is 0 Å². The number of thiophene rings is 2. The Labute approximate surface area is 162 Å². The van der Waals surface area contributed by atoms with Gasteiger partial charge in [-0.3, -0.25) is 14.2 Å². The maximum absolute atomic E-state index is 12.9. The number of fused-ring (bicyclic) bond motifs is 3. The summed E-state index contributed by atoms with van der Waals surface area (Å²) in [4.78, 5) is 25.8. The second kappa shape index (κ2) is 8.49. The van der Waals surface area contributed by atoms with Gasteiger partial charge in [0.15, 0.2) is 0 Å². The molecule has 1 atom stereocenters. The summed E-state index contributed by atoms with van der Waals surface area (Å²) in [5.41, 5.74) is -0.274. The van der Waals surface area contributed by atoms with Gasteiger partial charge < -0.3 is 0 Å². The van der Waals surface area contributed by atoms with Crippen molar-refractivity contribution in [3.8, 4) is 0 Å². The van der Waals surface area contributed by atoms with Crippen molar-refractivity contribution < 1.29 is 0 Å². The highest BCUT2D eigenvalue weighted by atomic mass is 32.1. The first-order valence-electron chi connectivity index (χ1n) is 9.50. The maximum atomic E-state index is 12.9. The maximum Gasteiger partial charge on any atom is 0.262 e. The van der Waals surface area contributed by atoms with Gasteiger partial charge in [0.25, 0.3) is 11.1 Å². The lowest BCUT2D eigenvalue weighted by molar-refractivity contribution is 0.413. The van der Waals surface area contributed by atoms with Crippen LogP contribution in [0, 0.1) is 11.8 Å². The minimum absolute atomic E-state index is 0.137. The second-order valence-corrected chi connectivity index (χ2v) is 9.49. The Balaban J connectivity index is 1.79. The molecular formula is C21H27NO2S2. The Hall–Kier alpha value is -1.46. The van der Waals surface area contributed by atoms with E-state index in [9.17, 15) is 9.59 Å². The molecular weight excluding hydrogens is 362 g/mol. The molecule has 0 radical (unpaired) electrons. The molecule has 0 spiro atoms. The third-order valence-electron chi connectivity index (χ3n) is 5.04. The summed E-state index contributed by atoms with van der Waals surface area (Å²) in [6.07, 6.45) is 5.69. The SMILES string of the molecule is CC(C)CCCC(C)CCCn1c(=O)c2ccsc2c2sccc2c1=O. The van der Waals surface area contributed by atoms with Gasteiger partial charge in [-0.1, -0.05) is 40.0 Å². The summed E-state index contributed by atoms with van der Waals surface area (Å²) in [7, 11) is 0. The smallest absolute Gasteiger partial charge is 0.262 e. The third kappa shape index (κ3) is 4.09. The highest BCUT2D eigenvalue weighted by Gasteiger charge is 2.13. The quantitative estimate of drug-likeness (QED) is 0.482. The fourth-order valence-corrected chi connectivity index (χ4v) is 5.48. The molecule has 26 heavy (non-hydrogen) atoms. The molecule has 0 aliphatic carbocycles. The van der Waals surface area contributed by atoms with Crippen molar-refractivity contribution in [2.45, 2.75) is 59.4 Å². The summed E-state index contributed by atoms with van der Waals surface area (Å²) in [6.45, 7) is 7.31. The molecule has 0 amide bonds. The second-order valence-electron chi connectivity index (χ2n) is 7.66. The Bertz CT molecular complexity index is 929. The first-order chi connectivity index (χ1) is 12.5. The van der Waals surface area contributed by atoms with Gasteiger partial charge in [-0.05, 0) is 47.6 Å². The molecule has 3 aromatic rings. The zero-order chi connectivity index (χ0) is 18.7. The molecule has 3 aromatic heterocycles. The van der Waals surface area contributed by atoms with Crippen LogP contribution in [0.4, 0.5) is 0 Å². The van der Waals surface area contributed by atoms with Gasteiger partial charge in [-0.25, -0.2) is 0 Å². The van der Waals surface area contributed by atoms with Crippen LogP contribution in [0.3, 0.4) is 0 Å². The van der Waals surface area contributed by atoms with Crippen LogP contribution in [0.25, 0.3) is 20.2 Å². The highest BCUT2D eigenvalue weighted by molar-refractivity contribution is 7.25. The fourth-order valence-electron chi connectivity index (χ4n) is 3.51. The molecule has 3 nitrogen and oxygen atoms in total. The van der Waals surface area contributed by atoms with E-state index in [1.807, 2.05) is 22.9 Å². The summed E-state index contributed by atoms with van der Waals surface area (Å²) in [5.74, 6) is 1.40. The third-order valence-corrected chi connectivity index (χ3v) is 7.04. The Morgan fingerprint density at radius 1 is 0.846 bits per heavy atom. The Morgan fingerprint density at radius 3 is 1.92 bits per heavy atom. The van der Waals surface area contributed by atoms with Gasteiger partial charge in [0.2, 0.25) is 0 Å². The normalized spacial score (nSPS) is 13.1. The molecule has 140 valence electrons. The molecule has 0 fully saturated rings. The van der Waals surface area contributed by atoms with Crippen LogP contribution < -0.4 is 11.1 Å². The monoisotopic (exact) mass is 389 g/mol. The van der Waals surface area contributed by atoms with Crippen molar-refractivity contribution in [3.63, 3.8) is 0 Å². The van der Waals surface area contributed by atoms with E-state index in [1.165, 1.54) is 23.8 Å². The van der Waals surface area contributed by atoms with Crippen LogP contribution in [0.2, 0.25) is 0 Å². The van der Waals surface area contributed by atoms with E-state index < -0.39 is 0 Å². The van der Waals surface area contributed by atoms with Crippen LogP contribution in [0.1, 0.15) is 52.9 Å². The van der Waals surface area contributed by atoms with E-state index in [0.717, 1.165) is 28.2 Å². The predicted molar refractivity (Wildman–Crippen MR) is 115 cm³/mol. The van der Waals surface area contributed by atoms with Crippen LogP contribution in [0.5, 0.6) is 0 Å². The van der Waals surface area contributed by atoms with Gasteiger partial charge in [0.1, 0.15) is 0 Å². The molecule has 1 unspecified atom stereocenters. The lowest BCUT2D eigenvalue weighted by atomic mass is 9.96. The fraction of sp³-hybridized carbons (Fsp3) is 0.524. The summed E-state index contributed by atoms with van der Waals surface area (Å²) in [5, 5.41) is 5.23. The average Bonchev–Trinajstić information content (AvgIpc) is 3.23. The van der Waals surface area contributed by atoms with Crippen molar-refractivity contribution >= 4 is 42.8 Å². The van der Waals surface area contributed by atoms with Crippen molar-refractivity contribution in [2.75, 3.05) is 0 Å². The first kappa shape index (κ1) is 19.3. The van der Waals surface area contributed by atoms with Gasteiger partial charge in [0, 0.05) is 6.54 Å². The van der Waals surface area contributed by atoms with E-state index in [-0.39, 0.29) is 11.1 Å². The minimum atomic E-state index is -0.137. The van der Waals surface area contributed by atoms with Gasteiger partial charge in [0.05, 0.1) is 20.2 Å². The van der Waals surface area contributed by atoms with Crippen molar-refractivity contribution in [2.24, 2.45) is 11.8 Å². The van der Waals surface area contributed by atoms with Crippen molar-refractivity contribution in [1.82, 2.24) is 4.57 Å². The molecule has 3 heterocycles. The number of hydrogen-bond acceptors (Lipinski definition) is 4. The van der Waals surface area contributed by atoms with Crippen molar-refractivity contribution in [1.29, 1.82) is 0 Å². The summed E-state index contributed by atoms with van der Waals surface area (Å²) in [6, 6.07) is 3.71. The van der Waals surface area contributed by atoms with E-state index in [2.05, 4.69) is 20.8 Å². The lowest BCUT2D eigenvalue weighted by Crippen LogP contribution is -2.30. The molecule has 0 N–H and O–H groups in total. The van der Waals surface area contributed by atoms with Crippen LogP contribution in [-0.2, 0) is 6.54 Å². The zero-order valence-corrected chi connectivity index (χ0v) is 17.4. The van der Waals surface area contributed by atoms with Crippen LogP contribution >= 0.6 is 22.7 Å². The van der Waals surface area contributed by atoms with Crippen molar-refractivity contribution in [3.05, 3.63) is 43.6 Å². The largest absolute Gasteiger partial charge is 0.274 e. The molecule has 0 aliphatic heterocycles. The number of rotatable bonds is 8. The molecule has 0 bridgehead atoms. The molecule has 3 rings (SSSR count). The van der Waals surface area contributed by atoms with Crippen LogP contribution in [-0.4, -0.2) is 4.57 Å². The van der Waals surface area contributed by atoms with Gasteiger partial charge >= 0.3 is 0 Å². The zero-order valence-electron chi connectivity index (χ0n) is 15.8. The highest BCUT2D eigenvalue weighted by Crippen LogP contribution is 2.28. The number of nitrogens with zero attached hydrogens (tertiary/aromatic N) is 1. The first-order valence-corrected chi connectivity index (χ1v) is 11.3. The standard InChI is InChI=1S/C21H27NO2S2/c1-14(2)6-4-7-15(3)8-5-11-22-20(23)16-9-12-25-18(16)19-17(21(22)24)10-13-26-19/h9-10,12-15H,4-8,11H2,1-3H3. The average molecular weight is 390 g/mol.